The van der Waals surface area contributed by atoms with Gasteiger partial charge in [-0.3, -0.25) is 4.79 Å². The topological polar surface area (TPSA) is 110 Å². The van der Waals surface area contributed by atoms with Crippen molar-refractivity contribution in [3.63, 3.8) is 0 Å². The number of esters is 1. The molecule has 2 aromatic carbocycles. The molecule has 0 fully saturated rings. The van der Waals surface area contributed by atoms with Crippen LogP contribution < -0.4 is 5.32 Å². The highest BCUT2D eigenvalue weighted by Gasteiger charge is 2.55. The summed E-state index contributed by atoms with van der Waals surface area (Å²) in [7, 11) is -4.09. The van der Waals surface area contributed by atoms with Gasteiger partial charge in [0.1, 0.15) is 0 Å². The number of nitrogens with one attached hydrogen (secondary N) is 1. The first-order valence-corrected chi connectivity index (χ1v) is 10.5. The first-order valence-electron chi connectivity index (χ1n) is 8.64. The van der Waals surface area contributed by atoms with Crippen LogP contribution in [0.25, 0.3) is 0 Å². The number of amides is 1. The fourth-order valence-corrected chi connectivity index (χ4v) is 3.84. The minimum absolute atomic E-state index is 0.147. The Morgan fingerprint density at radius 1 is 1.10 bits per heavy atom. The molecule has 0 bridgehead atoms. The summed E-state index contributed by atoms with van der Waals surface area (Å²) in [6.07, 6.45) is -5.23. The molecular formula is C19H17ClF3NO6S. The summed E-state index contributed by atoms with van der Waals surface area (Å²) in [5, 5.41) is 10.8. The number of halogens is 4. The highest BCUT2D eigenvalue weighted by atomic mass is 35.5. The Morgan fingerprint density at radius 3 is 2.13 bits per heavy atom. The van der Waals surface area contributed by atoms with Crippen LogP contribution in [0.5, 0.6) is 0 Å². The molecule has 2 N–H and O–H groups in total. The van der Waals surface area contributed by atoms with E-state index in [1.807, 2.05) is 5.32 Å². The van der Waals surface area contributed by atoms with E-state index in [0.717, 1.165) is 18.2 Å². The molecule has 2 rings (SSSR count). The summed E-state index contributed by atoms with van der Waals surface area (Å²) in [5.74, 6) is -2.41. The highest BCUT2D eigenvalue weighted by molar-refractivity contribution is 7.91. The first kappa shape index (κ1) is 24.6. The number of carbonyl (C=O) groups excluding carboxylic acids is 2. The van der Waals surface area contributed by atoms with Gasteiger partial charge in [0.05, 0.1) is 32.7 Å². The monoisotopic (exact) mass is 479 g/mol. The van der Waals surface area contributed by atoms with Crippen LogP contribution in [-0.2, 0) is 19.4 Å². The predicted molar refractivity (Wildman–Crippen MR) is 105 cm³/mol. The van der Waals surface area contributed by atoms with Gasteiger partial charge in [0.25, 0.3) is 5.91 Å². The lowest BCUT2D eigenvalue weighted by Crippen LogP contribution is -2.52. The van der Waals surface area contributed by atoms with Crippen LogP contribution in [0, 0.1) is 0 Å². The summed E-state index contributed by atoms with van der Waals surface area (Å²) in [5.41, 5.74) is -3.86. The molecule has 0 aliphatic carbocycles. The van der Waals surface area contributed by atoms with E-state index in [1.165, 1.54) is 24.3 Å². The van der Waals surface area contributed by atoms with Gasteiger partial charge >= 0.3 is 12.1 Å². The number of aliphatic hydroxyl groups is 1. The molecule has 7 nitrogen and oxygen atoms in total. The van der Waals surface area contributed by atoms with Crippen LogP contribution in [-0.4, -0.2) is 43.8 Å². The third-order valence-corrected chi connectivity index (χ3v) is 6.25. The van der Waals surface area contributed by atoms with E-state index in [4.69, 9.17) is 16.3 Å². The maximum Gasteiger partial charge on any atom is 0.426 e. The zero-order valence-corrected chi connectivity index (χ0v) is 17.7. The van der Waals surface area contributed by atoms with Crippen molar-refractivity contribution < 1.29 is 41.0 Å². The molecule has 1 atom stereocenters. The second-order valence-electron chi connectivity index (χ2n) is 6.41. The van der Waals surface area contributed by atoms with Gasteiger partial charge < -0.3 is 15.2 Å². The van der Waals surface area contributed by atoms with E-state index in [2.05, 4.69) is 0 Å². The molecule has 0 saturated heterocycles. The van der Waals surface area contributed by atoms with Gasteiger partial charge in [0, 0.05) is 0 Å². The van der Waals surface area contributed by atoms with Crippen LogP contribution in [0.3, 0.4) is 0 Å². The smallest absolute Gasteiger partial charge is 0.426 e. The van der Waals surface area contributed by atoms with Crippen molar-refractivity contribution in [1.29, 1.82) is 0 Å². The number of sulfone groups is 1. The Hall–Kier alpha value is -2.63. The zero-order valence-electron chi connectivity index (χ0n) is 16.2. The van der Waals surface area contributed by atoms with E-state index in [1.54, 1.807) is 6.92 Å². The molecule has 0 spiro atoms. The quantitative estimate of drug-likeness (QED) is 0.613. The fourth-order valence-electron chi connectivity index (χ4n) is 2.26. The van der Waals surface area contributed by atoms with Crippen molar-refractivity contribution in [2.75, 3.05) is 11.9 Å². The number of anilines is 1. The molecule has 0 unspecified atom stereocenters. The van der Waals surface area contributed by atoms with Crippen LogP contribution in [0.1, 0.15) is 24.2 Å². The van der Waals surface area contributed by atoms with Crippen LogP contribution >= 0.6 is 11.6 Å². The Labute approximate surface area is 180 Å². The summed E-state index contributed by atoms with van der Waals surface area (Å²) in [4.78, 5) is 23.0. The minimum atomic E-state index is -5.23. The van der Waals surface area contributed by atoms with Crippen molar-refractivity contribution in [2.45, 2.75) is 35.4 Å². The van der Waals surface area contributed by atoms with E-state index < -0.39 is 33.5 Å². The van der Waals surface area contributed by atoms with Crippen molar-refractivity contribution in [3.8, 4) is 0 Å². The predicted octanol–water partition coefficient (Wildman–Crippen LogP) is 3.60. The second-order valence-corrected chi connectivity index (χ2v) is 8.77. The van der Waals surface area contributed by atoms with Crippen molar-refractivity contribution >= 4 is 39.0 Å². The molecule has 0 aliphatic rings. The molecule has 31 heavy (non-hydrogen) atoms. The fraction of sp³-hybridized carbons (Fsp3) is 0.263. The van der Waals surface area contributed by atoms with E-state index in [-0.39, 0.29) is 39.6 Å². The number of hydrogen-bond acceptors (Lipinski definition) is 6. The average Bonchev–Trinajstić information content (AvgIpc) is 2.68. The van der Waals surface area contributed by atoms with Crippen molar-refractivity contribution in [1.82, 2.24) is 0 Å². The van der Waals surface area contributed by atoms with Gasteiger partial charge in [0.2, 0.25) is 15.4 Å². The molecule has 168 valence electrons. The molecule has 0 heterocycles. The van der Waals surface area contributed by atoms with Gasteiger partial charge in [-0.2, -0.15) is 13.2 Å². The molecule has 2 aromatic rings. The molecule has 0 aromatic heterocycles. The Morgan fingerprint density at radius 2 is 1.65 bits per heavy atom. The van der Waals surface area contributed by atoms with Gasteiger partial charge in [0.15, 0.2) is 0 Å². The summed E-state index contributed by atoms with van der Waals surface area (Å²) in [6.45, 7) is 2.05. The lowest BCUT2D eigenvalue weighted by Gasteiger charge is -2.25. The van der Waals surface area contributed by atoms with Crippen LogP contribution in [0.4, 0.5) is 18.9 Å². The molecule has 1 amide bonds. The number of benzene rings is 2. The average molecular weight is 480 g/mol. The Balaban J connectivity index is 2.29. The molecule has 0 aliphatic heterocycles. The van der Waals surface area contributed by atoms with E-state index in [9.17, 15) is 36.3 Å². The molecule has 0 saturated carbocycles. The Bertz CT molecular complexity index is 1100. The third-order valence-electron chi connectivity index (χ3n) is 4.17. The zero-order chi connectivity index (χ0) is 23.6. The van der Waals surface area contributed by atoms with Gasteiger partial charge in [-0.1, -0.05) is 11.6 Å². The van der Waals surface area contributed by atoms with E-state index >= 15 is 0 Å². The number of alkyl halides is 3. The standard InChI is InChI=1S/C19H17ClF3NO6S/c1-3-30-16(25)11-4-6-12(7-5-11)31(28,29)13-8-9-15(14(20)10-13)24-17(26)18(2,27)19(21,22)23/h4-10,27H,3H2,1-2H3,(H,24,26)/t18-/m1/s1. The summed E-state index contributed by atoms with van der Waals surface area (Å²) in [6, 6.07) is 7.86. The maximum atomic E-state index is 12.8. The first-order chi connectivity index (χ1) is 14.2. The van der Waals surface area contributed by atoms with Gasteiger partial charge in [-0.25, -0.2) is 13.2 Å². The van der Waals surface area contributed by atoms with Crippen LogP contribution in [0.2, 0.25) is 5.02 Å². The molecule has 12 heteroatoms. The molecule has 0 radical (unpaired) electrons. The normalized spacial score (nSPS) is 13.9. The third kappa shape index (κ3) is 5.17. The summed E-state index contributed by atoms with van der Waals surface area (Å²) >= 11 is 5.93. The minimum Gasteiger partial charge on any atom is -0.462 e. The van der Waals surface area contributed by atoms with Crippen LogP contribution in [0.15, 0.2) is 52.3 Å². The van der Waals surface area contributed by atoms with Crippen molar-refractivity contribution in [2.24, 2.45) is 0 Å². The Kier molecular flexibility index (Phi) is 7.03. The van der Waals surface area contributed by atoms with Gasteiger partial charge in [-0.15, -0.1) is 0 Å². The number of rotatable bonds is 6. The maximum absolute atomic E-state index is 12.8. The highest BCUT2D eigenvalue weighted by Crippen LogP contribution is 2.33. The van der Waals surface area contributed by atoms with Crippen molar-refractivity contribution in [3.05, 3.63) is 53.1 Å². The number of ether oxygens (including phenoxy) is 1. The lowest BCUT2D eigenvalue weighted by molar-refractivity contribution is -0.242. The van der Waals surface area contributed by atoms with E-state index in [0.29, 0.717) is 0 Å². The SMILES string of the molecule is CCOC(=O)c1ccc(S(=O)(=O)c2ccc(NC(=O)[C@@](C)(O)C(F)(F)F)c(Cl)c2)cc1. The molecular weight excluding hydrogens is 463 g/mol. The largest absolute Gasteiger partial charge is 0.462 e. The second kappa shape index (κ2) is 8.85. The lowest BCUT2D eigenvalue weighted by atomic mass is 10.1. The van der Waals surface area contributed by atoms with Gasteiger partial charge in [-0.05, 0) is 56.3 Å². The number of carbonyl (C=O) groups is 2. The summed E-state index contributed by atoms with van der Waals surface area (Å²) < 4.78 is 68.6. The number of hydrogen-bond donors (Lipinski definition) is 2.